The van der Waals surface area contributed by atoms with Gasteiger partial charge in [-0.15, -0.1) is 0 Å². The maximum atomic E-state index is 13.1. The molecule has 1 aliphatic rings. The molecule has 2 atom stereocenters. The Morgan fingerprint density at radius 1 is 1.30 bits per heavy atom. The topological polar surface area (TPSA) is 93.2 Å². The molecule has 2 aromatic rings. The summed E-state index contributed by atoms with van der Waals surface area (Å²) < 4.78 is 40.0. The second kappa shape index (κ2) is 9.24. The summed E-state index contributed by atoms with van der Waals surface area (Å²) in [4.78, 5) is 17.1. The van der Waals surface area contributed by atoms with Gasteiger partial charge in [-0.2, -0.15) is 0 Å². The van der Waals surface area contributed by atoms with E-state index in [1.165, 1.54) is 42.8 Å². The van der Waals surface area contributed by atoms with E-state index in [1.54, 1.807) is 6.08 Å². The average Bonchev–Trinajstić information content (AvgIpc) is 2.74. The van der Waals surface area contributed by atoms with Crippen molar-refractivity contribution in [1.29, 1.82) is 0 Å². The summed E-state index contributed by atoms with van der Waals surface area (Å²) in [6, 6.07) is 7.31. The SMILES string of the molecule is CCC1=CCC(S(=O)(=O)Nc2ccc(Cl)cc2C(=O)c2ccnc(S(C)=O)c2)C=C1. The molecule has 1 aliphatic carbocycles. The molecule has 6 nitrogen and oxygen atoms in total. The Morgan fingerprint density at radius 3 is 2.70 bits per heavy atom. The van der Waals surface area contributed by atoms with Crippen molar-refractivity contribution in [3.63, 3.8) is 0 Å². The molecule has 1 aromatic heterocycles. The molecule has 30 heavy (non-hydrogen) atoms. The molecule has 1 aromatic carbocycles. The summed E-state index contributed by atoms with van der Waals surface area (Å²) in [6.07, 6.45) is 9.43. The van der Waals surface area contributed by atoms with Gasteiger partial charge in [-0.1, -0.05) is 42.3 Å². The van der Waals surface area contributed by atoms with Crippen LogP contribution < -0.4 is 4.72 Å². The number of nitrogens with zero attached hydrogens (tertiary/aromatic N) is 1. The molecule has 1 heterocycles. The van der Waals surface area contributed by atoms with Gasteiger partial charge in [0.05, 0.1) is 16.5 Å². The lowest BCUT2D eigenvalue weighted by Crippen LogP contribution is -2.27. The number of halogens is 1. The first kappa shape index (κ1) is 22.4. The summed E-state index contributed by atoms with van der Waals surface area (Å²) in [5.41, 5.74) is 1.57. The number of carbonyl (C=O) groups excluding carboxylic acids is 1. The minimum absolute atomic E-state index is 0.106. The minimum atomic E-state index is -3.78. The molecule has 0 saturated heterocycles. The number of nitrogens with one attached hydrogen (secondary N) is 1. The van der Waals surface area contributed by atoms with Crippen LogP contribution in [0.3, 0.4) is 0 Å². The number of sulfonamides is 1. The summed E-state index contributed by atoms with van der Waals surface area (Å²) in [7, 11) is -5.14. The zero-order chi connectivity index (χ0) is 21.9. The van der Waals surface area contributed by atoms with Crippen LogP contribution in [0.1, 0.15) is 35.7 Å². The standard InChI is InChI=1S/C21H21ClN2O4S2/c1-3-14-4-7-17(8-5-14)30(27,28)24-19-9-6-16(22)13-18(19)21(25)15-10-11-23-20(12-15)29(2)26/h4-7,9-13,17,24H,3,8H2,1-2H3. The Balaban J connectivity index is 1.94. The highest BCUT2D eigenvalue weighted by atomic mass is 35.5. The van der Waals surface area contributed by atoms with Crippen LogP contribution in [0.2, 0.25) is 5.02 Å². The first-order chi connectivity index (χ1) is 14.2. The molecule has 0 spiro atoms. The summed E-state index contributed by atoms with van der Waals surface area (Å²) >= 11 is 6.07. The van der Waals surface area contributed by atoms with E-state index in [0.717, 1.165) is 12.0 Å². The van der Waals surface area contributed by atoms with Crippen molar-refractivity contribution >= 4 is 43.9 Å². The van der Waals surface area contributed by atoms with Gasteiger partial charge in [0.2, 0.25) is 10.0 Å². The van der Waals surface area contributed by atoms with Crippen molar-refractivity contribution in [2.75, 3.05) is 11.0 Å². The highest BCUT2D eigenvalue weighted by Gasteiger charge is 2.26. The molecule has 2 unspecified atom stereocenters. The highest BCUT2D eigenvalue weighted by Crippen LogP contribution is 2.27. The Morgan fingerprint density at radius 2 is 2.07 bits per heavy atom. The molecule has 9 heteroatoms. The zero-order valence-corrected chi connectivity index (χ0v) is 18.9. The Bertz CT molecular complexity index is 1170. The number of ketones is 1. The molecule has 3 rings (SSSR count). The predicted molar refractivity (Wildman–Crippen MR) is 120 cm³/mol. The fraction of sp³-hybridized carbons (Fsp3) is 0.238. The van der Waals surface area contributed by atoms with Crippen molar-refractivity contribution in [3.05, 3.63) is 76.5 Å². The van der Waals surface area contributed by atoms with Crippen molar-refractivity contribution in [3.8, 4) is 0 Å². The molecule has 0 fully saturated rings. The lowest BCUT2D eigenvalue weighted by atomic mass is 10.0. The second-order valence-electron chi connectivity index (χ2n) is 6.77. The molecular formula is C21H21ClN2O4S2. The number of anilines is 1. The van der Waals surface area contributed by atoms with Crippen molar-refractivity contribution in [2.24, 2.45) is 0 Å². The number of aromatic nitrogens is 1. The summed E-state index contributed by atoms with van der Waals surface area (Å²) in [6.45, 7) is 2.01. The molecule has 0 amide bonds. The largest absolute Gasteiger partial charge is 0.289 e. The van der Waals surface area contributed by atoms with Crippen LogP contribution in [0, 0.1) is 0 Å². The van der Waals surface area contributed by atoms with Gasteiger partial charge in [0, 0.05) is 28.6 Å². The third kappa shape index (κ3) is 5.06. The molecular weight excluding hydrogens is 444 g/mol. The van der Waals surface area contributed by atoms with E-state index < -0.39 is 31.9 Å². The smallest absolute Gasteiger partial charge is 0.239 e. The molecule has 0 radical (unpaired) electrons. The first-order valence-corrected chi connectivity index (χ1v) is 12.7. The van der Waals surface area contributed by atoms with Crippen LogP contribution >= 0.6 is 11.6 Å². The molecule has 0 aliphatic heterocycles. The van der Waals surface area contributed by atoms with Crippen molar-refractivity contribution in [2.45, 2.75) is 30.0 Å². The number of carbonyl (C=O) groups is 1. The number of allylic oxidation sites excluding steroid dienone is 3. The van der Waals surface area contributed by atoms with Crippen LogP contribution in [0.15, 0.2) is 65.4 Å². The number of rotatable bonds is 7. The van der Waals surface area contributed by atoms with Gasteiger partial charge in [0.1, 0.15) is 10.3 Å². The van der Waals surface area contributed by atoms with Gasteiger partial charge in [-0.05, 0) is 43.2 Å². The number of hydrogen-bond donors (Lipinski definition) is 1. The second-order valence-corrected chi connectivity index (χ2v) is 10.4. The number of hydrogen-bond acceptors (Lipinski definition) is 5. The Labute approximate surface area is 183 Å². The number of benzene rings is 1. The van der Waals surface area contributed by atoms with E-state index in [1.807, 2.05) is 19.1 Å². The highest BCUT2D eigenvalue weighted by molar-refractivity contribution is 7.93. The number of pyridine rings is 1. The van der Waals surface area contributed by atoms with Gasteiger partial charge in [-0.3, -0.25) is 13.7 Å². The van der Waals surface area contributed by atoms with Crippen molar-refractivity contribution < 1.29 is 17.4 Å². The maximum Gasteiger partial charge on any atom is 0.239 e. The summed E-state index contributed by atoms with van der Waals surface area (Å²) in [5, 5.41) is -0.180. The van der Waals surface area contributed by atoms with Crippen LogP contribution in [0.4, 0.5) is 5.69 Å². The Kier molecular flexibility index (Phi) is 6.90. The van der Waals surface area contributed by atoms with Gasteiger partial charge >= 0.3 is 0 Å². The first-order valence-electron chi connectivity index (χ1n) is 9.24. The summed E-state index contributed by atoms with van der Waals surface area (Å²) in [5.74, 6) is -0.448. The van der Waals surface area contributed by atoms with E-state index in [-0.39, 0.29) is 21.8 Å². The normalized spacial score (nSPS) is 17.3. The average molecular weight is 465 g/mol. The van der Waals surface area contributed by atoms with E-state index in [9.17, 15) is 17.4 Å². The van der Waals surface area contributed by atoms with Gasteiger partial charge in [-0.25, -0.2) is 13.4 Å². The maximum absolute atomic E-state index is 13.1. The van der Waals surface area contributed by atoms with Gasteiger partial charge in [0.25, 0.3) is 0 Å². The fourth-order valence-corrected chi connectivity index (χ4v) is 4.97. The molecule has 158 valence electrons. The van der Waals surface area contributed by atoms with Crippen LogP contribution in [-0.2, 0) is 20.8 Å². The molecule has 0 saturated carbocycles. The third-order valence-corrected chi connectivity index (χ3v) is 7.41. The zero-order valence-electron chi connectivity index (χ0n) is 16.5. The predicted octanol–water partition coefficient (Wildman–Crippen LogP) is 4.11. The lowest BCUT2D eigenvalue weighted by Gasteiger charge is -2.19. The molecule has 1 N–H and O–H groups in total. The fourth-order valence-electron chi connectivity index (χ4n) is 3.02. The van der Waals surface area contributed by atoms with E-state index in [4.69, 9.17) is 11.6 Å². The van der Waals surface area contributed by atoms with Crippen LogP contribution in [0.25, 0.3) is 0 Å². The quantitative estimate of drug-likeness (QED) is 0.622. The minimum Gasteiger partial charge on any atom is -0.289 e. The third-order valence-electron chi connectivity index (χ3n) is 4.71. The van der Waals surface area contributed by atoms with E-state index in [2.05, 4.69) is 9.71 Å². The molecule has 0 bridgehead atoms. The van der Waals surface area contributed by atoms with Crippen LogP contribution in [-0.4, -0.2) is 34.9 Å². The monoisotopic (exact) mass is 464 g/mol. The lowest BCUT2D eigenvalue weighted by molar-refractivity contribution is 0.103. The van der Waals surface area contributed by atoms with E-state index >= 15 is 0 Å². The van der Waals surface area contributed by atoms with Crippen molar-refractivity contribution in [1.82, 2.24) is 4.98 Å². The van der Waals surface area contributed by atoms with Crippen LogP contribution in [0.5, 0.6) is 0 Å². The van der Waals surface area contributed by atoms with E-state index in [0.29, 0.717) is 11.4 Å². The van der Waals surface area contributed by atoms with Gasteiger partial charge in [0.15, 0.2) is 5.78 Å². The Hall–Kier alpha value is -2.29. The van der Waals surface area contributed by atoms with Gasteiger partial charge < -0.3 is 0 Å².